The minimum absolute atomic E-state index is 0.640. The molecule has 3 nitrogen and oxygen atoms in total. The Kier molecular flexibility index (Phi) is 3.05. The van der Waals surface area contributed by atoms with Crippen molar-refractivity contribution in [2.24, 2.45) is 0 Å². The van der Waals surface area contributed by atoms with E-state index in [1.165, 1.54) is 5.56 Å². The predicted molar refractivity (Wildman–Crippen MR) is 64.4 cm³/mol. The summed E-state index contributed by atoms with van der Waals surface area (Å²) in [6, 6.07) is 11.8. The fraction of sp³-hybridized carbons (Fsp3) is 0.154. The van der Waals surface area contributed by atoms with Crippen LogP contribution >= 0.6 is 0 Å². The Bertz CT molecular complexity index is 448. The summed E-state index contributed by atoms with van der Waals surface area (Å²) in [7, 11) is 1.61. The molecule has 0 amide bonds. The summed E-state index contributed by atoms with van der Waals surface area (Å²) < 4.78 is 5.01. The summed E-state index contributed by atoms with van der Waals surface area (Å²) >= 11 is 0. The van der Waals surface area contributed by atoms with Crippen LogP contribution in [0.1, 0.15) is 11.1 Å². The van der Waals surface area contributed by atoms with E-state index < -0.39 is 0 Å². The fourth-order valence-electron chi connectivity index (χ4n) is 1.51. The molecule has 0 aliphatic heterocycles. The van der Waals surface area contributed by atoms with Gasteiger partial charge >= 0.3 is 0 Å². The maximum Gasteiger partial charge on any atom is 0.212 e. The van der Waals surface area contributed by atoms with E-state index in [0.29, 0.717) is 5.88 Å². The first kappa shape index (κ1) is 10.5. The number of nitrogen functional groups attached to an aromatic ring is 1. The number of ether oxygens (including phenoxy) is 1. The van der Waals surface area contributed by atoms with Crippen LogP contribution in [0.4, 0.5) is 5.69 Å². The van der Waals surface area contributed by atoms with E-state index in [-0.39, 0.29) is 0 Å². The molecule has 0 aliphatic carbocycles. The van der Waals surface area contributed by atoms with Crippen LogP contribution in [0.5, 0.6) is 5.88 Å². The van der Waals surface area contributed by atoms with Gasteiger partial charge in [-0.2, -0.15) is 0 Å². The summed E-state index contributed by atoms with van der Waals surface area (Å²) in [6.45, 7) is 0. The first-order valence-corrected chi connectivity index (χ1v) is 5.11. The minimum atomic E-state index is 0.640. The average Bonchev–Trinajstić information content (AvgIpc) is 2.33. The molecule has 0 atom stereocenters. The molecule has 3 heteroatoms. The summed E-state index contributed by atoms with van der Waals surface area (Å²) in [5.74, 6) is 0.640. The molecular weight excluding hydrogens is 200 g/mol. The summed E-state index contributed by atoms with van der Waals surface area (Å²) in [5, 5.41) is 0. The smallest absolute Gasteiger partial charge is 0.212 e. The van der Waals surface area contributed by atoms with Gasteiger partial charge in [0.05, 0.1) is 7.11 Å². The maximum atomic E-state index is 5.63. The van der Waals surface area contributed by atoms with Crippen molar-refractivity contribution in [1.82, 2.24) is 4.98 Å². The summed E-state index contributed by atoms with van der Waals surface area (Å²) in [6.07, 6.45) is 2.69. The van der Waals surface area contributed by atoms with E-state index >= 15 is 0 Å². The van der Waals surface area contributed by atoms with Gasteiger partial charge in [0, 0.05) is 18.0 Å². The zero-order valence-corrected chi connectivity index (χ0v) is 9.18. The highest BCUT2D eigenvalue weighted by Crippen LogP contribution is 2.13. The van der Waals surface area contributed by atoms with Gasteiger partial charge in [-0.05, 0) is 29.7 Å². The van der Waals surface area contributed by atoms with Crippen molar-refractivity contribution in [1.29, 1.82) is 0 Å². The van der Waals surface area contributed by atoms with Crippen molar-refractivity contribution in [2.45, 2.75) is 6.42 Å². The zero-order chi connectivity index (χ0) is 11.4. The molecule has 2 N–H and O–H groups in total. The highest BCUT2D eigenvalue weighted by molar-refractivity contribution is 5.40. The predicted octanol–water partition coefficient (Wildman–Crippen LogP) is 2.26. The molecule has 0 unspecified atom stereocenters. The number of nitrogens with two attached hydrogens (primary N) is 1. The van der Waals surface area contributed by atoms with Gasteiger partial charge in [-0.3, -0.25) is 0 Å². The van der Waals surface area contributed by atoms with Crippen LogP contribution in [0.2, 0.25) is 0 Å². The standard InChI is InChI=1S/C13H14N2O/c1-16-13-7-4-11(9-15-13)8-10-2-5-12(14)6-3-10/h2-7,9H,8,14H2,1H3. The van der Waals surface area contributed by atoms with E-state index in [1.807, 2.05) is 42.6 Å². The monoisotopic (exact) mass is 214 g/mol. The Morgan fingerprint density at radius 1 is 1.06 bits per heavy atom. The third kappa shape index (κ3) is 2.51. The molecule has 1 aromatic carbocycles. The van der Waals surface area contributed by atoms with Gasteiger partial charge < -0.3 is 10.5 Å². The molecular formula is C13H14N2O. The lowest BCUT2D eigenvalue weighted by Gasteiger charge is -2.03. The third-order valence-corrected chi connectivity index (χ3v) is 2.39. The quantitative estimate of drug-likeness (QED) is 0.797. The van der Waals surface area contributed by atoms with Crippen LogP contribution in [-0.2, 0) is 6.42 Å². The van der Waals surface area contributed by atoms with Crippen LogP contribution in [-0.4, -0.2) is 12.1 Å². The molecule has 0 bridgehead atoms. The van der Waals surface area contributed by atoms with E-state index in [0.717, 1.165) is 17.7 Å². The maximum absolute atomic E-state index is 5.63. The third-order valence-electron chi connectivity index (χ3n) is 2.39. The van der Waals surface area contributed by atoms with Crippen LogP contribution in [0, 0.1) is 0 Å². The van der Waals surface area contributed by atoms with Crippen molar-refractivity contribution in [2.75, 3.05) is 12.8 Å². The molecule has 0 radical (unpaired) electrons. The van der Waals surface area contributed by atoms with Gasteiger partial charge in [0.15, 0.2) is 0 Å². The van der Waals surface area contributed by atoms with Crippen molar-refractivity contribution in [3.63, 3.8) is 0 Å². The van der Waals surface area contributed by atoms with E-state index in [4.69, 9.17) is 10.5 Å². The summed E-state index contributed by atoms with van der Waals surface area (Å²) in [4.78, 5) is 4.16. The van der Waals surface area contributed by atoms with Gasteiger partial charge in [-0.1, -0.05) is 18.2 Å². The molecule has 0 saturated carbocycles. The topological polar surface area (TPSA) is 48.1 Å². The Morgan fingerprint density at radius 3 is 2.31 bits per heavy atom. The van der Waals surface area contributed by atoms with E-state index in [2.05, 4.69) is 4.98 Å². The van der Waals surface area contributed by atoms with Gasteiger partial charge in [-0.15, -0.1) is 0 Å². The first-order valence-electron chi connectivity index (χ1n) is 5.11. The lowest BCUT2D eigenvalue weighted by atomic mass is 10.1. The number of aromatic nitrogens is 1. The molecule has 82 valence electrons. The normalized spacial score (nSPS) is 10.1. The number of pyridine rings is 1. The summed E-state index contributed by atoms with van der Waals surface area (Å²) in [5.41, 5.74) is 8.80. The van der Waals surface area contributed by atoms with Crippen LogP contribution < -0.4 is 10.5 Å². The minimum Gasteiger partial charge on any atom is -0.481 e. The number of anilines is 1. The zero-order valence-electron chi connectivity index (χ0n) is 9.18. The Morgan fingerprint density at radius 2 is 1.75 bits per heavy atom. The van der Waals surface area contributed by atoms with Gasteiger partial charge in [0.2, 0.25) is 5.88 Å². The molecule has 0 aliphatic rings. The highest BCUT2D eigenvalue weighted by Gasteiger charge is 1.98. The first-order chi connectivity index (χ1) is 7.78. The largest absolute Gasteiger partial charge is 0.481 e. The van der Waals surface area contributed by atoms with Crippen molar-refractivity contribution in [3.05, 3.63) is 53.7 Å². The number of nitrogens with zero attached hydrogens (tertiary/aromatic N) is 1. The number of benzene rings is 1. The average molecular weight is 214 g/mol. The molecule has 0 saturated heterocycles. The van der Waals surface area contributed by atoms with Crippen LogP contribution in [0.3, 0.4) is 0 Å². The number of hydrogen-bond donors (Lipinski definition) is 1. The Balaban J connectivity index is 2.11. The second-order valence-corrected chi connectivity index (χ2v) is 3.63. The molecule has 2 aromatic rings. The molecule has 16 heavy (non-hydrogen) atoms. The molecule has 2 rings (SSSR count). The second kappa shape index (κ2) is 4.66. The van der Waals surface area contributed by atoms with Crippen molar-refractivity contribution in [3.8, 4) is 5.88 Å². The van der Waals surface area contributed by atoms with E-state index in [1.54, 1.807) is 7.11 Å². The lowest BCUT2D eigenvalue weighted by Crippen LogP contribution is -1.92. The van der Waals surface area contributed by atoms with Gasteiger partial charge in [-0.25, -0.2) is 4.98 Å². The number of rotatable bonds is 3. The lowest BCUT2D eigenvalue weighted by molar-refractivity contribution is 0.397. The number of methoxy groups -OCH3 is 1. The fourth-order valence-corrected chi connectivity index (χ4v) is 1.51. The molecule has 0 spiro atoms. The Hall–Kier alpha value is -2.03. The van der Waals surface area contributed by atoms with Crippen LogP contribution in [0.15, 0.2) is 42.6 Å². The van der Waals surface area contributed by atoms with Crippen LogP contribution in [0.25, 0.3) is 0 Å². The van der Waals surface area contributed by atoms with Crippen molar-refractivity contribution < 1.29 is 4.74 Å². The van der Waals surface area contributed by atoms with E-state index in [9.17, 15) is 0 Å². The molecule has 1 heterocycles. The van der Waals surface area contributed by atoms with Crippen molar-refractivity contribution >= 4 is 5.69 Å². The van der Waals surface area contributed by atoms with Gasteiger partial charge in [0.1, 0.15) is 0 Å². The Labute approximate surface area is 94.9 Å². The highest BCUT2D eigenvalue weighted by atomic mass is 16.5. The second-order valence-electron chi connectivity index (χ2n) is 3.63. The number of hydrogen-bond acceptors (Lipinski definition) is 3. The van der Waals surface area contributed by atoms with Gasteiger partial charge in [0.25, 0.3) is 0 Å². The molecule has 1 aromatic heterocycles. The molecule has 0 fully saturated rings. The SMILES string of the molecule is COc1ccc(Cc2ccc(N)cc2)cn1.